The minimum atomic E-state index is -0.397. The van der Waals surface area contributed by atoms with Crippen molar-refractivity contribution in [2.75, 3.05) is 0 Å². The molecule has 0 spiro atoms. The summed E-state index contributed by atoms with van der Waals surface area (Å²) in [6.45, 7) is 2.00. The lowest BCUT2D eigenvalue weighted by Gasteiger charge is -2.01. The van der Waals surface area contributed by atoms with Crippen molar-refractivity contribution in [2.24, 2.45) is 0 Å². The molecule has 0 saturated carbocycles. The van der Waals surface area contributed by atoms with Crippen molar-refractivity contribution in [3.63, 3.8) is 0 Å². The molecule has 27 heavy (non-hydrogen) atoms. The van der Waals surface area contributed by atoms with Gasteiger partial charge >= 0.3 is 0 Å². The zero-order valence-corrected chi connectivity index (χ0v) is 16.8. The molecule has 4 rings (SSSR count). The van der Waals surface area contributed by atoms with E-state index in [1.165, 1.54) is 4.52 Å². The van der Waals surface area contributed by atoms with Gasteiger partial charge in [0.05, 0.1) is 4.53 Å². The molecule has 0 bridgehead atoms. The molecule has 0 aliphatic rings. The van der Waals surface area contributed by atoms with Gasteiger partial charge in [-0.1, -0.05) is 69.2 Å². The fourth-order valence-corrected chi connectivity index (χ4v) is 4.02. The molecule has 0 atom stereocenters. The predicted octanol–water partition coefficient (Wildman–Crippen LogP) is 2.72. The van der Waals surface area contributed by atoms with E-state index in [4.69, 9.17) is 0 Å². The Morgan fingerprint density at radius 1 is 1.15 bits per heavy atom. The van der Waals surface area contributed by atoms with E-state index < -0.39 is 5.56 Å². The van der Waals surface area contributed by atoms with E-state index >= 15 is 0 Å². The number of aryl methyl sites for hydroxylation is 1. The fraction of sp³-hybridized carbons (Fsp3) is 0.100. The maximum atomic E-state index is 12.7. The Morgan fingerprint density at radius 3 is 2.67 bits per heavy atom. The molecule has 2 aromatic heterocycles. The lowest BCUT2D eigenvalue weighted by molar-refractivity contribution is 0.811. The number of benzene rings is 2. The first-order valence-corrected chi connectivity index (χ1v) is 9.86. The van der Waals surface area contributed by atoms with Crippen molar-refractivity contribution in [1.82, 2.24) is 14.6 Å². The number of nitrogens with zero attached hydrogens (tertiary/aromatic N) is 3. The lowest BCUT2D eigenvalue weighted by Crippen LogP contribution is -2.28. The zero-order chi connectivity index (χ0) is 19.0. The molecule has 0 radical (unpaired) electrons. The van der Waals surface area contributed by atoms with Gasteiger partial charge in [0.2, 0.25) is 4.96 Å². The van der Waals surface area contributed by atoms with Gasteiger partial charge in [0.1, 0.15) is 5.69 Å². The van der Waals surface area contributed by atoms with Crippen molar-refractivity contribution in [2.45, 2.75) is 13.3 Å². The molecule has 0 unspecified atom stereocenters. The van der Waals surface area contributed by atoms with Crippen LogP contribution in [0.25, 0.3) is 11.0 Å². The molecule has 134 valence electrons. The first-order valence-electron chi connectivity index (χ1n) is 8.25. The maximum Gasteiger partial charge on any atom is 0.296 e. The van der Waals surface area contributed by atoms with E-state index in [0.29, 0.717) is 15.9 Å². The van der Waals surface area contributed by atoms with Gasteiger partial charge in [-0.2, -0.15) is 14.6 Å². The molecule has 0 aliphatic carbocycles. The summed E-state index contributed by atoms with van der Waals surface area (Å²) in [5.74, 6) is 0. The first-order chi connectivity index (χ1) is 13.0. The topological polar surface area (TPSA) is 64.3 Å². The number of fused-ring (bicyclic) bond motifs is 1. The van der Waals surface area contributed by atoms with Crippen LogP contribution in [0.3, 0.4) is 0 Å². The molecule has 7 heteroatoms. The summed E-state index contributed by atoms with van der Waals surface area (Å²) in [6.07, 6.45) is 2.12. The standard InChI is InChI=1S/C20H14BrN3O2S/c1-12-5-7-13(8-6-12)10-16-18(25)22-20-24(23-16)19(26)17(27-20)11-14-3-2-4-15(21)9-14/h2-9,11H,10H2,1H3/b17-11+. The van der Waals surface area contributed by atoms with E-state index in [-0.39, 0.29) is 11.3 Å². The number of halogens is 1. The van der Waals surface area contributed by atoms with Crippen LogP contribution in [0.1, 0.15) is 22.4 Å². The monoisotopic (exact) mass is 439 g/mol. The third kappa shape index (κ3) is 3.74. The van der Waals surface area contributed by atoms with Crippen LogP contribution in [0, 0.1) is 6.92 Å². The molecule has 4 aromatic rings. The maximum absolute atomic E-state index is 12.7. The van der Waals surface area contributed by atoms with E-state index in [2.05, 4.69) is 26.0 Å². The average Bonchev–Trinajstić information content (AvgIpc) is 2.92. The summed E-state index contributed by atoms with van der Waals surface area (Å²) < 4.78 is 2.63. The van der Waals surface area contributed by atoms with Crippen molar-refractivity contribution >= 4 is 38.3 Å². The van der Waals surface area contributed by atoms with E-state index in [9.17, 15) is 9.59 Å². The Labute approximate surface area is 166 Å². The molecule has 0 amide bonds. The summed E-state index contributed by atoms with van der Waals surface area (Å²) in [6, 6.07) is 15.5. The van der Waals surface area contributed by atoms with Gasteiger partial charge < -0.3 is 0 Å². The molecule has 0 aliphatic heterocycles. The van der Waals surface area contributed by atoms with Crippen LogP contribution in [0.2, 0.25) is 0 Å². The van der Waals surface area contributed by atoms with Gasteiger partial charge in [0.25, 0.3) is 11.1 Å². The van der Waals surface area contributed by atoms with Crippen LogP contribution in [-0.4, -0.2) is 14.6 Å². The smallest absolute Gasteiger partial charge is 0.266 e. The van der Waals surface area contributed by atoms with Crippen molar-refractivity contribution in [1.29, 1.82) is 0 Å². The molecular weight excluding hydrogens is 426 g/mol. The first kappa shape index (κ1) is 17.8. The van der Waals surface area contributed by atoms with Gasteiger partial charge in [0, 0.05) is 10.9 Å². The Kier molecular flexibility index (Phi) is 4.72. The summed E-state index contributed by atoms with van der Waals surface area (Å²) in [5.41, 5.74) is 2.58. The van der Waals surface area contributed by atoms with Gasteiger partial charge in [-0.05, 0) is 36.3 Å². The van der Waals surface area contributed by atoms with Gasteiger partial charge in [-0.25, -0.2) is 0 Å². The fourth-order valence-electron chi connectivity index (χ4n) is 2.70. The van der Waals surface area contributed by atoms with E-state index in [0.717, 1.165) is 32.5 Å². The zero-order valence-electron chi connectivity index (χ0n) is 14.3. The lowest BCUT2D eigenvalue weighted by atomic mass is 10.1. The van der Waals surface area contributed by atoms with Crippen molar-refractivity contribution < 1.29 is 0 Å². The van der Waals surface area contributed by atoms with E-state index in [1.807, 2.05) is 55.5 Å². The molecule has 2 aromatic carbocycles. The highest BCUT2D eigenvalue weighted by Crippen LogP contribution is 2.12. The SMILES string of the molecule is Cc1ccc(Cc2nn3c(=O)/c(=C\c4cccc(Br)c4)sc3nc2=O)cc1. The number of hydrogen-bond donors (Lipinski definition) is 0. The predicted molar refractivity (Wildman–Crippen MR) is 110 cm³/mol. The molecule has 5 nitrogen and oxygen atoms in total. The number of rotatable bonds is 3. The van der Waals surface area contributed by atoms with Crippen molar-refractivity contribution in [3.05, 3.63) is 101 Å². The highest BCUT2D eigenvalue weighted by atomic mass is 79.9. The van der Waals surface area contributed by atoms with Gasteiger partial charge in [-0.3, -0.25) is 9.59 Å². The van der Waals surface area contributed by atoms with Crippen LogP contribution >= 0.6 is 27.3 Å². The van der Waals surface area contributed by atoms with Crippen LogP contribution < -0.4 is 15.7 Å². The van der Waals surface area contributed by atoms with Crippen LogP contribution in [-0.2, 0) is 6.42 Å². The number of aromatic nitrogens is 3. The second-order valence-corrected chi connectivity index (χ2v) is 8.12. The van der Waals surface area contributed by atoms with Gasteiger partial charge in [-0.15, -0.1) is 0 Å². The van der Waals surface area contributed by atoms with Crippen molar-refractivity contribution in [3.8, 4) is 0 Å². The average molecular weight is 440 g/mol. The third-order valence-corrected chi connectivity index (χ3v) is 5.54. The van der Waals surface area contributed by atoms with Crippen LogP contribution in [0.15, 0.2) is 62.6 Å². The summed E-state index contributed by atoms with van der Waals surface area (Å²) in [7, 11) is 0. The van der Waals surface area contributed by atoms with E-state index in [1.54, 1.807) is 6.08 Å². The minimum Gasteiger partial charge on any atom is -0.266 e. The Morgan fingerprint density at radius 2 is 1.93 bits per heavy atom. The summed E-state index contributed by atoms with van der Waals surface area (Å²) in [4.78, 5) is 29.4. The molecule has 0 N–H and O–H groups in total. The summed E-state index contributed by atoms with van der Waals surface area (Å²) in [5, 5.41) is 4.28. The quantitative estimate of drug-likeness (QED) is 0.492. The molecule has 0 fully saturated rings. The normalized spacial score (nSPS) is 12.0. The number of hydrogen-bond acceptors (Lipinski definition) is 5. The highest BCUT2D eigenvalue weighted by Gasteiger charge is 2.11. The Bertz CT molecular complexity index is 1310. The second kappa shape index (κ2) is 7.17. The molecule has 0 saturated heterocycles. The van der Waals surface area contributed by atoms with Crippen LogP contribution in [0.5, 0.6) is 0 Å². The third-order valence-electron chi connectivity index (χ3n) is 4.09. The largest absolute Gasteiger partial charge is 0.296 e. The highest BCUT2D eigenvalue weighted by molar-refractivity contribution is 9.10. The van der Waals surface area contributed by atoms with Gasteiger partial charge in [0.15, 0.2) is 0 Å². The second-order valence-electron chi connectivity index (χ2n) is 6.19. The minimum absolute atomic E-state index is 0.264. The Balaban J connectivity index is 1.80. The Hall–Kier alpha value is -2.64. The molecule has 2 heterocycles. The van der Waals surface area contributed by atoms with Crippen LogP contribution in [0.4, 0.5) is 0 Å². The number of thiazole rings is 1. The summed E-state index contributed by atoms with van der Waals surface area (Å²) >= 11 is 4.58. The molecular formula is C20H14BrN3O2S.